The molecule has 1 saturated carbocycles. The van der Waals surface area contributed by atoms with Gasteiger partial charge in [-0.3, -0.25) is 0 Å². The van der Waals surface area contributed by atoms with Gasteiger partial charge in [-0.15, -0.1) is 11.3 Å². The van der Waals surface area contributed by atoms with Crippen LogP contribution in [0.25, 0.3) is 0 Å². The molecule has 2 rings (SSSR count). The van der Waals surface area contributed by atoms with Gasteiger partial charge >= 0.3 is 0 Å². The topological polar surface area (TPSA) is 24.9 Å². The van der Waals surface area contributed by atoms with Crippen LogP contribution < -0.4 is 5.32 Å². The second kappa shape index (κ2) is 8.28. The Hall–Kier alpha value is -0.410. The molecule has 3 heteroatoms. The first-order chi connectivity index (χ1) is 10.1. The van der Waals surface area contributed by atoms with Gasteiger partial charge in [-0.25, -0.2) is 4.98 Å². The van der Waals surface area contributed by atoms with E-state index in [-0.39, 0.29) is 0 Å². The highest BCUT2D eigenvalue weighted by molar-refractivity contribution is 7.09. The van der Waals surface area contributed by atoms with Gasteiger partial charge in [0.1, 0.15) is 0 Å². The third-order valence-corrected chi connectivity index (χ3v) is 5.83. The SMILES string of the molecule is CCCC1CCC(CNC(C)C)C(Cc2nc(C)cs2)C1. The molecule has 0 amide bonds. The Morgan fingerprint density at radius 3 is 2.76 bits per heavy atom. The molecule has 1 N–H and O–H groups in total. The van der Waals surface area contributed by atoms with Crippen LogP contribution in [0.4, 0.5) is 0 Å². The van der Waals surface area contributed by atoms with Crippen LogP contribution in [0, 0.1) is 24.7 Å². The molecule has 0 radical (unpaired) electrons. The maximum Gasteiger partial charge on any atom is 0.0930 e. The predicted octanol–water partition coefficient (Wildman–Crippen LogP) is 4.82. The van der Waals surface area contributed by atoms with Crippen molar-refractivity contribution in [3.05, 3.63) is 16.1 Å². The number of nitrogens with one attached hydrogen (secondary N) is 1. The smallest absolute Gasteiger partial charge is 0.0930 e. The molecule has 1 aromatic heterocycles. The summed E-state index contributed by atoms with van der Waals surface area (Å²) in [4.78, 5) is 4.70. The number of hydrogen-bond donors (Lipinski definition) is 1. The van der Waals surface area contributed by atoms with Crippen LogP contribution in [0.2, 0.25) is 0 Å². The Morgan fingerprint density at radius 1 is 1.33 bits per heavy atom. The average Bonchev–Trinajstić information content (AvgIpc) is 2.83. The van der Waals surface area contributed by atoms with E-state index in [0.717, 1.165) is 17.8 Å². The van der Waals surface area contributed by atoms with Crippen molar-refractivity contribution in [3.8, 4) is 0 Å². The molecule has 0 saturated heterocycles. The third-order valence-electron chi connectivity index (χ3n) is 4.84. The molecule has 3 unspecified atom stereocenters. The lowest BCUT2D eigenvalue weighted by Crippen LogP contribution is -2.36. The first kappa shape index (κ1) is 17.0. The van der Waals surface area contributed by atoms with Crippen molar-refractivity contribution in [1.82, 2.24) is 10.3 Å². The molecule has 0 aromatic carbocycles. The summed E-state index contributed by atoms with van der Waals surface area (Å²) in [7, 11) is 0. The second-order valence-electron chi connectivity index (χ2n) is 7.14. The third kappa shape index (κ3) is 5.37. The van der Waals surface area contributed by atoms with Crippen molar-refractivity contribution < 1.29 is 0 Å². The second-order valence-corrected chi connectivity index (χ2v) is 8.08. The zero-order valence-corrected chi connectivity index (χ0v) is 15.0. The fraction of sp³-hybridized carbons (Fsp3) is 0.833. The minimum Gasteiger partial charge on any atom is -0.314 e. The Morgan fingerprint density at radius 2 is 2.14 bits per heavy atom. The molecule has 0 bridgehead atoms. The summed E-state index contributed by atoms with van der Waals surface area (Å²) in [6.45, 7) is 10.1. The highest BCUT2D eigenvalue weighted by atomic mass is 32.1. The number of aromatic nitrogens is 1. The number of hydrogen-bond acceptors (Lipinski definition) is 3. The van der Waals surface area contributed by atoms with E-state index in [9.17, 15) is 0 Å². The van der Waals surface area contributed by atoms with Crippen LogP contribution >= 0.6 is 11.3 Å². The Labute approximate surface area is 134 Å². The van der Waals surface area contributed by atoms with E-state index in [1.165, 1.54) is 55.8 Å². The van der Waals surface area contributed by atoms with E-state index in [2.05, 4.69) is 38.4 Å². The highest BCUT2D eigenvalue weighted by Gasteiger charge is 2.30. The molecule has 1 aromatic rings. The molecule has 0 spiro atoms. The first-order valence-corrected chi connectivity index (χ1v) is 9.60. The van der Waals surface area contributed by atoms with Crippen molar-refractivity contribution >= 4 is 11.3 Å². The summed E-state index contributed by atoms with van der Waals surface area (Å²) >= 11 is 1.85. The van der Waals surface area contributed by atoms with E-state index < -0.39 is 0 Å². The van der Waals surface area contributed by atoms with Gasteiger partial charge < -0.3 is 5.32 Å². The molecule has 2 nitrogen and oxygen atoms in total. The van der Waals surface area contributed by atoms with Crippen LogP contribution in [0.15, 0.2) is 5.38 Å². The lowest BCUT2D eigenvalue weighted by molar-refractivity contribution is 0.165. The minimum atomic E-state index is 0.598. The molecular formula is C18H32N2S. The van der Waals surface area contributed by atoms with Gasteiger partial charge in [0.2, 0.25) is 0 Å². The maximum atomic E-state index is 4.70. The van der Waals surface area contributed by atoms with Crippen LogP contribution in [0.1, 0.15) is 63.6 Å². The fourth-order valence-electron chi connectivity index (χ4n) is 3.72. The summed E-state index contributed by atoms with van der Waals surface area (Å²) in [5, 5.41) is 7.21. The summed E-state index contributed by atoms with van der Waals surface area (Å²) < 4.78 is 0. The van der Waals surface area contributed by atoms with E-state index in [0.29, 0.717) is 6.04 Å². The molecule has 120 valence electrons. The van der Waals surface area contributed by atoms with Crippen LogP contribution in [-0.2, 0) is 6.42 Å². The molecule has 0 aliphatic heterocycles. The lowest BCUT2D eigenvalue weighted by Gasteiger charge is -2.36. The summed E-state index contributed by atoms with van der Waals surface area (Å²) in [5.41, 5.74) is 1.19. The van der Waals surface area contributed by atoms with Crippen molar-refractivity contribution in [2.24, 2.45) is 17.8 Å². The number of nitrogens with zero attached hydrogens (tertiary/aromatic N) is 1. The van der Waals surface area contributed by atoms with Crippen LogP contribution in [-0.4, -0.2) is 17.6 Å². The van der Waals surface area contributed by atoms with Crippen molar-refractivity contribution in [2.75, 3.05) is 6.54 Å². The number of aryl methyl sites for hydroxylation is 1. The first-order valence-electron chi connectivity index (χ1n) is 8.72. The molecule has 1 fully saturated rings. The largest absolute Gasteiger partial charge is 0.314 e. The van der Waals surface area contributed by atoms with Crippen LogP contribution in [0.3, 0.4) is 0 Å². The van der Waals surface area contributed by atoms with Gasteiger partial charge in [0.05, 0.1) is 5.01 Å². The molecular weight excluding hydrogens is 276 g/mol. The Bertz CT molecular complexity index is 413. The number of rotatable bonds is 7. The zero-order valence-electron chi connectivity index (χ0n) is 14.2. The van der Waals surface area contributed by atoms with Gasteiger partial charge in [0, 0.05) is 23.5 Å². The van der Waals surface area contributed by atoms with Gasteiger partial charge in [0.25, 0.3) is 0 Å². The Kier molecular flexibility index (Phi) is 6.69. The van der Waals surface area contributed by atoms with Crippen LogP contribution in [0.5, 0.6) is 0 Å². The van der Waals surface area contributed by atoms with E-state index in [1.54, 1.807) is 0 Å². The normalized spacial score (nSPS) is 26.4. The van der Waals surface area contributed by atoms with Crippen molar-refractivity contribution in [1.29, 1.82) is 0 Å². The van der Waals surface area contributed by atoms with Gasteiger partial charge in [-0.05, 0) is 44.1 Å². The molecule has 1 heterocycles. The zero-order chi connectivity index (χ0) is 15.2. The monoisotopic (exact) mass is 308 g/mol. The molecule has 3 atom stereocenters. The van der Waals surface area contributed by atoms with Gasteiger partial charge in [0.15, 0.2) is 0 Å². The highest BCUT2D eigenvalue weighted by Crippen LogP contribution is 2.38. The molecule has 21 heavy (non-hydrogen) atoms. The molecule has 1 aliphatic carbocycles. The number of thiazole rings is 1. The molecule has 1 aliphatic rings. The van der Waals surface area contributed by atoms with E-state index in [1.807, 2.05) is 11.3 Å². The van der Waals surface area contributed by atoms with Crippen molar-refractivity contribution in [2.45, 2.75) is 72.3 Å². The lowest BCUT2D eigenvalue weighted by atomic mass is 9.71. The summed E-state index contributed by atoms with van der Waals surface area (Å²) in [6, 6.07) is 0.598. The minimum absolute atomic E-state index is 0.598. The maximum absolute atomic E-state index is 4.70. The van der Waals surface area contributed by atoms with Gasteiger partial charge in [-0.2, -0.15) is 0 Å². The predicted molar refractivity (Wildman–Crippen MR) is 92.9 cm³/mol. The van der Waals surface area contributed by atoms with E-state index in [4.69, 9.17) is 4.98 Å². The van der Waals surface area contributed by atoms with Crippen molar-refractivity contribution in [3.63, 3.8) is 0 Å². The van der Waals surface area contributed by atoms with E-state index >= 15 is 0 Å². The summed E-state index contributed by atoms with van der Waals surface area (Å²) in [5.74, 6) is 2.62. The van der Waals surface area contributed by atoms with Gasteiger partial charge in [-0.1, -0.05) is 40.0 Å². The average molecular weight is 309 g/mol. The summed E-state index contributed by atoms with van der Waals surface area (Å²) in [6.07, 6.45) is 8.20. The Balaban J connectivity index is 1.97. The quantitative estimate of drug-likeness (QED) is 0.781. The fourth-order valence-corrected chi connectivity index (χ4v) is 4.59. The standard InChI is InChI=1S/C18H32N2S/c1-5-6-15-7-8-16(11-19-13(2)3)17(9-15)10-18-20-14(4)12-21-18/h12-13,15-17,19H,5-11H2,1-4H3.